The molecule has 1 aromatic heterocycles. The summed E-state index contributed by atoms with van der Waals surface area (Å²) in [5.41, 5.74) is 1.74. The molecule has 0 unspecified atom stereocenters. The molecule has 1 aromatic carbocycles. The molecule has 22 heavy (non-hydrogen) atoms. The largest absolute Gasteiger partial charge is 0.493 e. The molecule has 0 aliphatic rings. The van der Waals surface area contributed by atoms with Crippen molar-refractivity contribution < 1.29 is 19.4 Å². The van der Waals surface area contributed by atoms with Crippen LogP contribution in [0.1, 0.15) is 35.8 Å². The van der Waals surface area contributed by atoms with Gasteiger partial charge in [0.2, 0.25) is 0 Å². The molecule has 0 saturated carbocycles. The number of halogens is 1. The van der Waals surface area contributed by atoms with Gasteiger partial charge in [-0.3, -0.25) is 5.10 Å². The molecule has 0 fully saturated rings. The highest BCUT2D eigenvalue weighted by Crippen LogP contribution is 2.46. The van der Waals surface area contributed by atoms with Crippen LogP contribution in [-0.4, -0.2) is 35.5 Å². The minimum absolute atomic E-state index is 0.0259. The number of carboxylic acids is 1. The molecule has 7 heteroatoms. The van der Waals surface area contributed by atoms with Crippen molar-refractivity contribution in [1.82, 2.24) is 10.2 Å². The van der Waals surface area contributed by atoms with Crippen molar-refractivity contribution in [3.05, 3.63) is 28.4 Å². The number of methoxy groups -OCH3 is 2. The lowest BCUT2D eigenvalue weighted by molar-refractivity contribution is 0.0690. The SMILES string of the molecule is COc1cc(C(C)C)c(Cl)c(-c2cc(C(=O)O)[nH]n2)c1OC. The Labute approximate surface area is 133 Å². The zero-order chi connectivity index (χ0) is 16.4. The van der Waals surface area contributed by atoms with Crippen LogP contribution in [0.25, 0.3) is 11.3 Å². The first-order chi connectivity index (χ1) is 10.4. The number of rotatable bonds is 5. The zero-order valence-corrected chi connectivity index (χ0v) is 13.5. The van der Waals surface area contributed by atoms with E-state index in [0.717, 1.165) is 5.56 Å². The summed E-state index contributed by atoms with van der Waals surface area (Å²) in [6, 6.07) is 3.23. The molecular weight excluding hydrogens is 308 g/mol. The fourth-order valence-corrected chi connectivity index (χ4v) is 2.66. The molecule has 1 heterocycles. The molecule has 0 atom stereocenters. The minimum Gasteiger partial charge on any atom is -0.493 e. The number of nitrogens with zero attached hydrogens (tertiary/aromatic N) is 1. The van der Waals surface area contributed by atoms with E-state index in [4.69, 9.17) is 26.2 Å². The van der Waals surface area contributed by atoms with Gasteiger partial charge in [-0.1, -0.05) is 25.4 Å². The fraction of sp³-hybridized carbons (Fsp3) is 0.333. The second kappa shape index (κ2) is 6.27. The monoisotopic (exact) mass is 324 g/mol. The number of carboxylic acid groups (broad SMARTS) is 1. The topological polar surface area (TPSA) is 84.4 Å². The van der Waals surface area contributed by atoms with Crippen LogP contribution in [0.5, 0.6) is 11.5 Å². The lowest BCUT2D eigenvalue weighted by Gasteiger charge is -2.18. The normalized spacial score (nSPS) is 10.8. The van der Waals surface area contributed by atoms with Gasteiger partial charge in [0, 0.05) is 0 Å². The second-order valence-corrected chi connectivity index (χ2v) is 5.39. The average Bonchev–Trinajstić information content (AvgIpc) is 2.95. The highest BCUT2D eigenvalue weighted by molar-refractivity contribution is 6.34. The van der Waals surface area contributed by atoms with Crippen molar-refractivity contribution in [2.45, 2.75) is 19.8 Å². The van der Waals surface area contributed by atoms with Crippen molar-refractivity contribution in [2.75, 3.05) is 14.2 Å². The molecule has 6 nitrogen and oxygen atoms in total. The van der Waals surface area contributed by atoms with E-state index in [9.17, 15) is 4.79 Å². The lowest BCUT2D eigenvalue weighted by atomic mass is 9.97. The molecule has 2 rings (SSSR count). The van der Waals surface area contributed by atoms with Gasteiger partial charge in [0.1, 0.15) is 5.69 Å². The van der Waals surface area contributed by atoms with Crippen LogP contribution < -0.4 is 9.47 Å². The van der Waals surface area contributed by atoms with Gasteiger partial charge in [0.15, 0.2) is 11.5 Å². The second-order valence-electron chi connectivity index (χ2n) is 5.02. The highest BCUT2D eigenvalue weighted by Gasteiger charge is 2.23. The molecule has 0 aliphatic heterocycles. The smallest absolute Gasteiger partial charge is 0.353 e. The third-order valence-corrected chi connectivity index (χ3v) is 3.73. The zero-order valence-electron chi connectivity index (χ0n) is 12.7. The van der Waals surface area contributed by atoms with E-state index in [0.29, 0.717) is 27.8 Å². The quantitative estimate of drug-likeness (QED) is 0.878. The van der Waals surface area contributed by atoms with Crippen molar-refractivity contribution in [1.29, 1.82) is 0 Å². The molecule has 0 spiro atoms. The first kappa shape index (κ1) is 16.2. The van der Waals surface area contributed by atoms with Crippen LogP contribution in [0.4, 0.5) is 0 Å². The number of aromatic amines is 1. The Balaban J connectivity index is 2.75. The number of aromatic nitrogens is 2. The Hall–Kier alpha value is -2.21. The number of hydrogen-bond donors (Lipinski definition) is 2. The molecule has 0 bridgehead atoms. The molecule has 2 N–H and O–H groups in total. The van der Waals surface area contributed by atoms with Crippen molar-refractivity contribution >= 4 is 17.6 Å². The summed E-state index contributed by atoms with van der Waals surface area (Å²) in [4.78, 5) is 11.0. The third kappa shape index (κ3) is 2.74. The molecule has 0 amide bonds. The predicted octanol–water partition coefficient (Wildman–Crippen LogP) is 3.57. The van der Waals surface area contributed by atoms with Gasteiger partial charge in [-0.05, 0) is 23.6 Å². The Morgan fingerprint density at radius 3 is 2.45 bits per heavy atom. The number of aromatic carboxylic acids is 1. The maximum atomic E-state index is 11.0. The van der Waals surface area contributed by atoms with Gasteiger partial charge in [0.25, 0.3) is 0 Å². The maximum absolute atomic E-state index is 11.0. The summed E-state index contributed by atoms with van der Waals surface area (Å²) < 4.78 is 10.8. The average molecular weight is 325 g/mol. The van der Waals surface area contributed by atoms with E-state index < -0.39 is 5.97 Å². The van der Waals surface area contributed by atoms with Crippen LogP contribution in [-0.2, 0) is 0 Å². The summed E-state index contributed by atoms with van der Waals surface area (Å²) in [7, 11) is 3.03. The van der Waals surface area contributed by atoms with E-state index >= 15 is 0 Å². The van der Waals surface area contributed by atoms with Crippen LogP contribution in [0.3, 0.4) is 0 Å². The van der Waals surface area contributed by atoms with E-state index in [2.05, 4.69) is 10.2 Å². The molecule has 0 saturated heterocycles. The highest BCUT2D eigenvalue weighted by atomic mass is 35.5. The van der Waals surface area contributed by atoms with Crippen molar-refractivity contribution in [3.63, 3.8) is 0 Å². The molecule has 0 radical (unpaired) electrons. The number of benzene rings is 1. The number of hydrogen-bond acceptors (Lipinski definition) is 4. The number of ether oxygens (including phenoxy) is 2. The van der Waals surface area contributed by atoms with Crippen LogP contribution >= 0.6 is 11.6 Å². The van der Waals surface area contributed by atoms with E-state index in [1.807, 2.05) is 19.9 Å². The Kier molecular flexibility index (Phi) is 4.61. The van der Waals surface area contributed by atoms with E-state index in [-0.39, 0.29) is 11.6 Å². The predicted molar refractivity (Wildman–Crippen MR) is 83.2 cm³/mol. The summed E-state index contributed by atoms with van der Waals surface area (Å²) in [6.45, 7) is 4.01. The van der Waals surface area contributed by atoms with Crippen LogP contribution in [0.15, 0.2) is 12.1 Å². The lowest BCUT2D eigenvalue weighted by Crippen LogP contribution is -1.99. The first-order valence-corrected chi connectivity index (χ1v) is 7.01. The third-order valence-electron chi connectivity index (χ3n) is 3.32. The van der Waals surface area contributed by atoms with Gasteiger partial charge in [-0.2, -0.15) is 5.10 Å². The number of H-pyrrole nitrogens is 1. The summed E-state index contributed by atoms with van der Waals surface area (Å²) in [6.07, 6.45) is 0. The fourth-order valence-electron chi connectivity index (χ4n) is 2.20. The van der Waals surface area contributed by atoms with E-state index in [1.165, 1.54) is 20.3 Å². The Morgan fingerprint density at radius 1 is 1.32 bits per heavy atom. The standard InChI is InChI=1S/C15H17ClN2O4/c1-7(2)8-5-11(21-3)14(22-4)12(13(8)16)9-6-10(15(19)20)18-17-9/h5-7H,1-4H3,(H,17,18)(H,19,20). The number of nitrogens with one attached hydrogen (secondary N) is 1. The Morgan fingerprint density at radius 2 is 2.00 bits per heavy atom. The van der Waals surface area contributed by atoms with E-state index in [1.54, 1.807) is 0 Å². The molecule has 2 aromatic rings. The first-order valence-electron chi connectivity index (χ1n) is 6.64. The Bertz CT molecular complexity index is 710. The van der Waals surface area contributed by atoms with Gasteiger partial charge < -0.3 is 14.6 Å². The molecular formula is C15H17ClN2O4. The number of carbonyl (C=O) groups is 1. The van der Waals surface area contributed by atoms with Crippen LogP contribution in [0.2, 0.25) is 5.02 Å². The van der Waals surface area contributed by atoms with Crippen molar-refractivity contribution in [2.24, 2.45) is 0 Å². The summed E-state index contributed by atoms with van der Waals surface area (Å²) in [5, 5.41) is 16.0. The van der Waals surface area contributed by atoms with Gasteiger partial charge in [-0.25, -0.2) is 4.79 Å². The molecule has 0 aliphatic carbocycles. The van der Waals surface area contributed by atoms with Crippen molar-refractivity contribution in [3.8, 4) is 22.8 Å². The maximum Gasteiger partial charge on any atom is 0.353 e. The molecule has 118 valence electrons. The van der Waals surface area contributed by atoms with Gasteiger partial charge >= 0.3 is 5.97 Å². The van der Waals surface area contributed by atoms with Crippen LogP contribution in [0, 0.1) is 0 Å². The summed E-state index contributed by atoms with van der Waals surface area (Å²) >= 11 is 6.50. The summed E-state index contributed by atoms with van der Waals surface area (Å²) in [5.74, 6) is -0.00410. The van der Waals surface area contributed by atoms with Gasteiger partial charge in [0.05, 0.1) is 30.5 Å². The minimum atomic E-state index is -1.10. The van der Waals surface area contributed by atoms with Gasteiger partial charge in [-0.15, -0.1) is 0 Å².